The molecule has 2 rings (SSSR count). The van der Waals surface area contributed by atoms with Crippen molar-refractivity contribution in [3.8, 4) is 0 Å². The first-order valence-electron chi connectivity index (χ1n) is 8.94. The van der Waals surface area contributed by atoms with E-state index in [-0.39, 0.29) is 5.97 Å². The fourth-order valence-electron chi connectivity index (χ4n) is 2.49. The third kappa shape index (κ3) is 11.5. The number of esters is 1. The zero-order valence-electron chi connectivity index (χ0n) is 16.1. The molecule has 0 aliphatic heterocycles. The van der Waals surface area contributed by atoms with Crippen molar-refractivity contribution in [1.82, 2.24) is 0 Å². The van der Waals surface area contributed by atoms with Crippen LogP contribution in [0.2, 0.25) is 0 Å². The first-order chi connectivity index (χ1) is 13.2. The summed E-state index contributed by atoms with van der Waals surface area (Å²) in [7, 11) is -9.06. The molecule has 0 saturated carbocycles. The van der Waals surface area contributed by atoms with Crippen LogP contribution in [0.1, 0.15) is 49.4 Å². The summed E-state index contributed by atoms with van der Waals surface area (Å²) in [5.74, 6) is -0.269. The van der Waals surface area contributed by atoms with Crippen LogP contribution in [-0.4, -0.2) is 19.7 Å². The Balaban J connectivity index is 0.000000516. The molecule has 0 aliphatic rings. The Labute approximate surface area is 164 Å². The molecule has 0 saturated heterocycles. The number of fused-ring (bicyclic) bond motifs is 1. The van der Waals surface area contributed by atoms with Gasteiger partial charge in [0.05, 0.1) is 17.6 Å². The number of nitrogens with zero attached hydrogens (tertiary/aromatic N) is 1. The van der Waals surface area contributed by atoms with Crippen LogP contribution in [-0.2, 0) is 4.74 Å². The zero-order chi connectivity index (χ0) is 22.2. The normalized spacial score (nSPS) is 13.7. The molecule has 0 spiro atoms. The number of halogens is 6. The van der Waals surface area contributed by atoms with Crippen LogP contribution in [0.15, 0.2) is 36.5 Å². The number of aromatic nitrogens is 1. The van der Waals surface area contributed by atoms with E-state index in [0.717, 1.165) is 23.7 Å². The van der Waals surface area contributed by atoms with E-state index in [2.05, 4.69) is 6.92 Å². The Bertz CT molecular complexity index is 816. The van der Waals surface area contributed by atoms with E-state index in [4.69, 9.17) is 9.57 Å². The van der Waals surface area contributed by atoms with Gasteiger partial charge in [-0.2, -0.15) is 0 Å². The van der Waals surface area contributed by atoms with Crippen molar-refractivity contribution < 1.29 is 44.3 Å². The van der Waals surface area contributed by atoms with Crippen molar-refractivity contribution in [2.24, 2.45) is 0 Å². The molecule has 1 aromatic heterocycles. The first-order valence-corrected chi connectivity index (χ1v) is 11.0. The second kappa shape index (κ2) is 9.15. The van der Waals surface area contributed by atoms with Crippen molar-refractivity contribution in [1.29, 1.82) is 0 Å². The van der Waals surface area contributed by atoms with Gasteiger partial charge in [0, 0.05) is 16.9 Å². The van der Waals surface area contributed by atoms with E-state index < -0.39 is 7.81 Å². The molecule has 0 aliphatic carbocycles. The van der Waals surface area contributed by atoms with E-state index in [9.17, 15) is 30.0 Å². The topological polar surface area (TPSA) is 39.4 Å². The summed E-state index contributed by atoms with van der Waals surface area (Å²) in [6, 6.07) is 9.39. The summed E-state index contributed by atoms with van der Waals surface area (Å²) < 4.78 is 66.2. The van der Waals surface area contributed by atoms with Gasteiger partial charge in [-0.1, -0.05) is 44.7 Å². The van der Waals surface area contributed by atoms with Crippen LogP contribution in [0.3, 0.4) is 0 Å². The van der Waals surface area contributed by atoms with Gasteiger partial charge >= 0.3 is 39.0 Å². The Morgan fingerprint density at radius 2 is 1.55 bits per heavy atom. The van der Waals surface area contributed by atoms with Gasteiger partial charge in [0.25, 0.3) is 5.52 Å². The van der Waals surface area contributed by atoms with E-state index in [1.54, 1.807) is 24.1 Å². The summed E-state index contributed by atoms with van der Waals surface area (Å²) >= 11 is 0. The van der Waals surface area contributed by atoms with Crippen LogP contribution in [0.5, 0.6) is 0 Å². The van der Waals surface area contributed by atoms with Gasteiger partial charge in [0.2, 0.25) is 6.20 Å². The summed E-state index contributed by atoms with van der Waals surface area (Å²) in [6.07, 6.45) is 7.44. The molecule has 0 unspecified atom stereocenters. The van der Waals surface area contributed by atoms with Crippen molar-refractivity contribution in [2.75, 3.05) is 13.7 Å². The maximum absolute atomic E-state index is 12.3. The molecule has 166 valence electrons. The minimum absolute atomic E-state index is 0.269. The predicted molar refractivity (Wildman–Crippen MR) is 99.3 cm³/mol. The predicted octanol–water partition coefficient (Wildman–Crippen LogP) is 6.70. The number of carbonyl (C=O) groups excluding carboxylic acids is 1. The molecule has 0 amide bonds. The van der Waals surface area contributed by atoms with Gasteiger partial charge in [0.15, 0.2) is 0 Å². The molecule has 0 N–H and O–H groups in total. The quantitative estimate of drug-likeness (QED) is 0.149. The number of pyridine rings is 1. The third-order valence-electron chi connectivity index (χ3n) is 3.71. The van der Waals surface area contributed by atoms with Gasteiger partial charge in [-0.25, -0.2) is 4.79 Å². The Morgan fingerprint density at radius 1 is 0.966 bits per heavy atom. The molecule has 1 heterocycles. The molecule has 0 fully saturated rings. The number of hydrogen-bond donors (Lipinski definition) is 0. The van der Waals surface area contributed by atoms with Crippen LogP contribution in [0, 0.1) is 0 Å². The summed E-state index contributed by atoms with van der Waals surface area (Å²) in [4.78, 5) is 17.5. The van der Waals surface area contributed by atoms with Crippen molar-refractivity contribution >= 4 is 24.7 Å². The molecule has 0 atom stereocenters. The number of ether oxygens (including phenoxy) is 1. The molecular formula is C18H24F6NO3P. The molecule has 1 aromatic carbocycles. The van der Waals surface area contributed by atoms with Gasteiger partial charge in [-0.3, -0.25) is 4.84 Å². The average Bonchev–Trinajstić information content (AvgIpc) is 2.61. The van der Waals surface area contributed by atoms with Crippen LogP contribution >= 0.6 is 7.81 Å². The van der Waals surface area contributed by atoms with Crippen LogP contribution in [0.4, 0.5) is 25.2 Å². The van der Waals surface area contributed by atoms with E-state index >= 15 is 0 Å². The van der Waals surface area contributed by atoms with Crippen molar-refractivity contribution in [2.45, 2.75) is 39.0 Å². The fourth-order valence-corrected chi connectivity index (χ4v) is 2.49. The molecule has 2 aromatic rings. The summed E-state index contributed by atoms with van der Waals surface area (Å²) in [5.41, 5.74) is 1.43. The van der Waals surface area contributed by atoms with E-state index in [1.165, 1.54) is 19.3 Å². The average molecular weight is 447 g/mol. The number of carbonyl (C=O) groups is 1. The standard InChI is InChI=1S/C18H24NO3.F6P/c1-3-4-5-6-9-14-22-18(20)16-12-13-19(21-2)17-11-8-7-10-15(16)17;1-7(2,3,4,5)6/h7-8,10-13H,3-6,9,14H2,1-2H3;/q+1;-1. The second-order valence-electron chi connectivity index (χ2n) is 6.26. The first kappa shape index (κ1) is 24.9. The Kier molecular flexibility index (Phi) is 7.87. The molecule has 0 bridgehead atoms. The molecule has 29 heavy (non-hydrogen) atoms. The number of para-hydroxylation sites is 1. The van der Waals surface area contributed by atoms with Gasteiger partial charge in [-0.05, 0) is 12.5 Å². The number of rotatable bonds is 8. The van der Waals surface area contributed by atoms with Gasteiger partial charge in [-0.15, -0.1) is 0 Å². The SMILES string of the molecule is CCCCCCCOC(=O)c1cc[n+](OC)c2ccccc12.F[P-](F)(F)(F)(F)F. The Hall–Kier alpha value is -2.09. The van der Waals surface area contributed by atoms with Gasteiger partial charge < -0.3 is 4.74 Å². The monoisotopic (exact) mass is 447 g/mol. The molecule has 4 nitrogen and oxygen atoms in total. The zero-order valence-corrected chi connectivity index (χ0v) is 17.0. The number of hydrogen-bond acceptors (Lipinski definition) is 3. The van der Waals surface area contributed by atoms with Crippen molar-refractivity contribution in [3.05, 3.63) is 42.1 Å². The van der Waals surface area contributed by atoms with Gasteiger partial charge in [0.1, 0.15) is 7.11 Å². The Morgan fingerprint density at radius 3 is 2.14 bits per heavy atom. The van der Waals surface area contributed by atoms with E-state index in [0.29, 0.717) is 12.2 Å². The maximum atomic E-state index is 12.3. The second-order valence-corrected chi connectivity index (χ2v) is 8.18. The summed E-state index contributed by atoms with van der Waals surface area (Å²) in [6.45, 7) is 2.67. The molecule has 0 radical (unpaired) electrons. The fraction of sp³-hybridized carbons (Fsp3) is 0.444. The van der Waals surface area contributed by atoms with Crippen LogP contribution < -0.4 is 9.57 Å². The number of unbranched alkanes of at least 4 members (excludes halogenated alkanes) is 4. The minimum atomic E-state index is -10.7. The van der Waals surface area contributed by atoms with Crippen molar-refractivity contribution in [3.63, 3.8) is 0 Å². The third-order valence-corrected chi connectivity index (χ3v) is 3.71. The number of benzene rings is 1. The van der Waals surface area contributed by atoms with E-state index in [1.807, 2.05) is 24.3 Å². The van der Waals surface area contributed by atoms with Crippen LogP contribution in [0.25, 0.3) is 10.9 Å². The summed E-state index contributed by atoms with van der Waals surface area (Å²) in [5, 5.41) is 0.836. The molecular weight excluding hydrogens is 423 g/mol. The molecule has 11 heteroatoms.